The number of hydrogen-bond donors (Lipinski definition) is 1. The van der Waals surface area contributed by atoms with Crippen LogP contribution in [-0.4, -0.2) is 18.1 Å². The number of phosphoric acid groups is 1. The Morgan fingerprint density at radius 3 is 1.91 bits per heavy atom. The Hall–Kier alpha value is -1.45. The van der Waals surface area contributed by atoms with Gasteiger partial charge in [-0.05, 0) is 24.5 Å². The maximum absolute atomic E-state index is 11.6. The molecule has 0 saturated heterocycles. The summed E-state index contributed by atoms with van der Waals surface area (Å²) in [5, 5.41) is 0. The molecule has 118 valence electrons. The van der Waals surface area contributed by atoms with Gasteiger partial charge in [0.1, 0.15) is 0 Å². The zero-order valence-electron chi connectivity index (χ0n) is 12.6. The maximum atomic E-state index is 11.6. The monoisotopic (exact) mass is 320 g/mol. The molecule has 2 aromatic carbocycles. The highest BCUT2D eigenvalue weighted by Gasteiger charge is 2.21. The third-order valence-electron chi connectivity index (χ3n) is 3.36. The van der Waals surface area contributed by atoms with Crippen LogP contribution in [0.5, 0.6) is 0 Å². The van der Waals surface area contributed by atoms with Crippen molar-refractivity contribution >= 4 is 7.82 Å². The van der Waals surface area contributed by atoms with Crippen LogP contribution in [0, 0.1) is 0 Å². The van der Waals surface area contributed by atoms with Crippen molar-refractivity contribution in [2.24, 2.45) is 0 Å². The molecule has 0 radical (unpaired) electrons. The first-order valence-corrected chi connectivity index (χ1v) is 8.83. The van der Waals surface area contributed by atoms with Crippen LogP contribution in [0.15, 0.2) is 60.7 Å². The second-order valence-electron chi connectivity index (χ2n) is 4.88. The zero-order valence-corrected chi connectivity index (χ0v) is 13.5. The van der Waals surface area contributed by atoms with E-state index in [1.165, 1.54) is 0 Å². The molecule has 0 amide bonds. The van der Waals surface area contributed by atoms with Gasteiger partial charge in [-0.2, -0.15) is 0 Å². The first-order valence-electron chi connectivity index (χ1n) is 7.34. The van der Waals surface area contributed by atoms with Crippen LogP contribution in [0.2, 0.25) is 0 Å². The van der Waals surface area contributed by atoms with Gasteiger partial charge in [0.25, 0.3) is 0 Å². The summed E-state index contributed by atoms with van der Waals surface area (Å²) in [6.07, 6.45) is 0.603. The molecule has 4 nitrogen and oxygen atoms in total. The van der Waals surface area contributed by atoms with Crippen LogP contribution in [0.3, 0.4) is 0 Å². The summed E-state index contributed by atoms with van der Waals surface area (Å²) in [7, 11) is -3.93. The second-order valence-corrected chi connectivity index (χ2v) is 6.34. The fourth-order valence-corrected chi connectivity index (χ4v) is 3.12. The van der Waals surface area contributed by atoms with Crippen molar-refractivity contribution in [1.82, 2.24) is 0 Å². The number of rotatable bonds is 8. The number of phosphoric ester groups is 1. The minimum absolute atomic E-state index is 0.115. The Bertz CT molecular complexity index is 561. The van der Waals surface area contributed by atoms with Crippen LogP contribution in [0.25, 0.3) is 0 Å². The Labute approximate surface area is 131 Å². The third-order valence-corrected chi connectivity index (χ3v) is 4.45. The lowest BCUT2D eigenvalue weighted by atomic mass is 9.89. The molecule has 5 heteroatoms. The summed E-state index contributed by atoms with van der Waals surface area (Å²) in [6.45, 7) is 1.96. The van der Waals surface area contributed by atoms with Crippen molar-refractivity contribution in [1.29, 1.82) is 0 Å². The van der Waals surface area contributed by atoms with Gasteiger partial charge < -0.3 is 4.89 Å². The summed E-state index contributed by atoms with van der Waals surface area (Å²) in [4.78, 5) is 9.48. The Balaban J connectivity index is 2.08. The summed E-state index contributed by atoms with van der Waals surface area (Å²) >= 11 is 0. The van der Waals surface area contributed by atoms with Crippen LogP contribution in [-0.2, 0) is 13.6 Å². The molecule has 0 fully saturated rings. The molecule has 0 aromatic heterocycles. The number of hydrogen-bond acceptors (Lipinski definition) is 3. The molecule has 1 unspecified atom stereocenters. The summed E-state index contributed by atoms with van der Waals surface area (Å²) in [5.41, 5.74) is 2.31. The van der Waals surface area contributed by atoms with Crippen molar-refractivity contribution < 1.29 is 18.5 Å². The molecule has 0 aliphatic carbocycles. The average Bonchev–Trinajstić information content (AvgIpc) is 2.53. The van der Waals surface area contributed by atoms with E-state index in [0.717, 1.165) is 11.1 Å². The van der Waals surface area contributed by atoms with Crippen LogP contribution >= 0.6 is 7.82 Å². The fourth-order valence-electron chi connectivity index (χ4n) is 2.38. The van der Waals surface area contributed by atoms with E-state index in [4.69, 9.17) is 9.05 Å². The summed E-state index contributed by atoms with van der Waals surface area (Å²) in [5.74, 6) is 0.115. The molecule has 0 aliphatic heterocycles. The van der Waals surface area contributed by atoms with Crippen molar-refractivity contribution in [3.8, 4) is 0 Å². The fraction of sp³-hybridized carbons (Fsp3) is 0.294. The van der Waals surface area contributed by atoms with Gasteiger partial charge in [-0.1, -0.05) is 60.7 Å². The van der Waals surface area contributed by atoms with E-state index in [1.54, 1.807) is 6.92 Å². The van der Waals surface area contributed by atoms with E-state index in [1.807, 2.05) is 36.4 Å². The lowest BCUT2D eigenvalue weighted by Gasteiger charge is -2.19. The molecule has 1 atom stereocenters. The van der Waals surface area contributed by atoms with Gasteiger partial charge in [0, 0.05) is 5.92 Å². The predicted octanol–water partition coefficient (Wildman–Crippen LogP) is 4.36. The Morgan fingerprint density at radius 2 is 1.45 bits per heavy atom. The van der Waals surface area contributed by atoms with Crippen LogP contribution in [0.1, 0.15) is 30.4 Å². The molecule has 0 spiro atoms. The molecule has 0 heterocycles. The molecule has 0 saturated carbocycles. The predicted molar refractivity (Wildman–Crippen MR) is 86.7 cm³/mol. The van der Waals surface area contributed by atoms with E-state index in [-0.39, 0.29) is 19.1 Å². The minimum atomic E-state index is -3.93. The standard InChI is InChI=1S/C17H21O4P/c1-2-20-22(18,19)21-14-13-17(15-9-5-3-6-10-15)16-11-7-4-8-12-16/h3-12,17H,2,13-14H2,1H3,(H,18,19). The topological polar surface area (TPSA) is 55.8 Å². The normalized spacial score (nSPS) is 14.0. The highest BCUT2D eigenvalue weighted by molar-refractivity contribution is 7.47. The highest BCUT2D eigenvalue weighted by Crippen LogP contribution is 2.43. The SMILES string of the molecule is CCOP(=O)(O)OCCC(c1ccccc1)c1ccccc1. The van der Waals surface area contributed by atoms with Gasteiger partial charge in [0.15, 0.2) is 0 Å². The second kappa shape index (κ2) is 8.25. The molecule has 0 aliphatic rings. The average molecular weight is 320 g/mol. The van der Waals surface area contributed by atoms with E-state index in [9.17, 15) is 9.46 Å². The van der Waals surface area contributed by atoms with E-state index in [0.29, 0.717) is 6.42 Å². The molecule has 1 N–H and O–H groups in total. The van der Waals surface area contributed by atoms with E-state index < -0.39 is 7.82 Å². The van der Waals surface area contributed by atoms with Gasteiger partial charge in [-0.25, -0.2) is 4.57 Å². The van der Waals surface area contributed by atoms with Gasteiger partial charge in [0.2, 0.25) is 0 Å². The Morgan fingerprint density at radius 1 is 0.955 bits per heavy atom. The first kappa shape index (κ1) is 16.9. The highest BCUT2D eigenvalue weighted by atomic mass is 31.2. The minimum Gasteiger partial charge on any atom is -0.302 e. The van der Waals surface area contributed by atoms with Crippen molar-refractivity contribution in [3.63, 3.8) is 0 Å². The summed E-state index contributed by atoms with van der Waals surface area (Å²) < 4.78 is 21.3. The molecule has 0 bridgehead atoms. The zero-order chi connectivity index (χ0) is 15.8. The van der Waals surface area contributed by atoms with Gasteiger partial charge in [-0.3, -0.25) is 9.05 Å². The van der Waals surface area contributed by atoms with E-state index in [2.05, 4.69) is 24.3 Å². The third kappa shape index (κ3) is 5.08. The van der Waals surface area contributed by atoms with Gasteiger partial charge in [-0.15, -0.1) is 0 Å². The number of benzene rings is 2. The molecule has 2 aromatic rings. The summed E-state index contributed by atoms with van der Waals surface area (Å²) in [6, 6.07) is 20.1. The molecular formula is C17H21O4P. The quantitative estimate of drug-likeness (QED) is 0.734. The van der Waals surface area contributed by atoms with Crippen molar-refractivity contribution in [2.45, 2.75) is 19.3 Å². The lowest BCUT2D eigenvalue weighted by Crippen LogP contribution is -2.06. The van der Waals surface area contributed by atoms with Crippen molar-refractivity contribution in [2.75, 3.05) is 13.2 Å². The molecular weight excluding hydrogens is 299 g/mol. The Kier molecular flexibility index (Phi) is 6.34. The van der Waals surface area contributed by atoms with Gasteiger partial charge in [0.05, 0.1) is 13.2 Å². The van der Waals surface area contributed by atoms with Gasteiger partial charge >= 0.3 is 7.82 Å². The lowest BCUT2D eigenvalue weighted by molar-refractivity contribution is 0.152. The van der Waals surface area contributed by atoms with Crippen LogP contribution in [0.4, 0.5) is 0 Å². The molecule has 2 rings (SSSR count). The van der Waals surface area contributed by atoms with Crippen molar-refractivity contribution in [3.05, 3.63) is 71.8 Å². The van der Waals surface area contributed by atoms with E-state index >= 15 is 0 Å². The first-order chi connectivity index (χ1) is 10.6. The largest absolute Gasteiger partial charge is 0.472 e. The molecule has 22 heavy (non-hydrogen) atoms. The maximum Gasteiger partial charge on any atom is 0.472 e. The van der Waals surface area contributed by atoms with Crippen LogP contribution < -0.4 is 0 Å². The smallest absolute Gasteiger partial charge is 0.302 e.